The average molecular weight is 254 g/mol. The Balaban J connectivity index is 2.14. The first kappa shape index (κ1) is 13.8. The van der Waals surface area contributed by atoms with Crippen molar-refractivity contribution in [2.24, 2.45) is 0 Å². The number of hydrogen-bond acceptors (Lipinski definition) is 1. The number of aliphatic hydroxyl groups excluding tert-OH is 1. The van der Waals surface area contributed by atoms with Gasteiger partial charge in [0.1, 0.15) is 0 Å². The smallest absolute Gasteiger partial charge is 0.0502 e. The molecule has 0 heterocycles. The Kier molecular flexibility index (Phi) is 4.75. The van der Waals surface area contributed by atoms with Gasteiger partial charge in [0.2, 0.25) is 0 Å². The van der Waals surface area contributed by atoms with E-state index in [2.05, 4.69) is 62.4 Å². The molecule has 2 aromatic carbocycles. The molecule has 0 aliphatic carbocycles. The van der Waals surface area contributed by atoms with E-state index in [-0.39, 0.29) is 12.5 Å². The van der Waals surface area contributed by atoms with Crippen LogP contribution < -0.4 is 0 Å². The SMILES string of the molecule is CCc1ccc(CC(CO)c2cccc(C)c2)cc1. The van der Waals surface area contributed by atoms with Gasteiger partial charge < -0.3 is 5.11 Å². The van der Waals surface area contributed by atoms with E-state index < -0.39 is 0 Å². The average Bonchev–Trinajstić information content (AvgIpc) is 2.45. The summed E-state index contributed by atoms with van der Waals surface area (Å²) in [7, 11) is 0. The zero-order valence-electron chi connectivity index (χ0n) is 11.8. The molecular formula is C18H22O. The summed E-state index contributed by atoms with van der Waals surface area (Å²) in [5.74, 6) is 0.187. The standard InChI is InChI=1S/C18H22O/c1-3-15-7-9-16(10-8-15)12-18(13-19)17-6-4-5-14(2)11-17/h4-11,18-19H,3,12-13H2,1-2H3. The minimum atomic E-state index is 0.187. The van der Waals surface area contributed by atoms with Crippen LogP contribution in [0.4, 0.5) is 0 Å². The van der Waals surface area contributed by atoms with Crippen molar-refractivity contribution in [1.29, 1.82) is 0 Å². The summed E-state index contributed by atoms with van der Waals surface area (Å²) >= 11 is 0. The van der Waals surface area contributed by atoms with E-state index in [1.807, 2.05) is 0 Å². The Labute approximate surface area is 115 Å². The molecule has 19 heavy (non-hydrogen) atoms. The van der Waals surface area contributed by atoms with Gasteiger partial charge in [-0.3, -0.25) is 0 Å². The molecule has 1 unspecified atom stereocenters. The molecule has 0 radical (unpaired) electrons. The highest BCUT2D eigenvalue weighted by Gasteiger charge is 2.11. The molecule has 0 aromatic heterocycles. The summed E-state index contributed by atoms with van der Waals surface area (Å²) in [6.45, 7) is 4.45. The first-order valence-corrected chi connectivity index (χ1v) is 6.98. The van der Waals surface area contributed by atoms with E-state index in [0.29, 0.717) is 0 Å². The van der Waals surface area contributed by atoms with Crippen molar-refractivity contribution in [2.45, 2.75) is 32.6 Å². The molecule has 1 heteroatoms. The quantitative estimate of drug-likeness (QED) is 0.858. The molecule has 0 bridgehead atoms. The highest BCUT2D eigenvalue weighted by molar-refractivity contribution is 5.29. The molecule has 100 valence electrons. The summed E-state index contributed by atoms with van der Waals surface area (Å²) in [6, 6.07) is 17.1. The highest BCUT2D eigenvalue weighted by atomic mass is 16.3. The second-order valence-electron chi connectivity index (χ2n) is 5.17. The van der Waals surface area contributed by atoms with Crippen molar-refractivity contribution in [3.63, 3.8) is 0 Å². The van der Waals surface area contributed by atoms with Crippen LogP contribution in [0.5, 0.6) is 0 Å². The van der Waals surface area contributed by atoms with E-state index >= 15 is 0 Å². The molecule has 0 aliphatic heterocycles. The fourth-order valence-electron chi connectivity index (χ4n) is 2.41. The van der Waals surface area contributed by atoms with Crippen LogP contribution in [0.25, 0.3) is 0 Å². The Morgan fingerprint density at radius 3 is 2.26 bits per heavy atom. The van der Waals surface area contributed by atoms with Crippen molar-refractivity contribution in [1.82, 2.24) is 0 Å². The van der Waals surface area contributed by atoms with Gasteiger partial charge in [-0.2, -0.15) is 0 Å². The van der Waals surface area contributed by atoms with E-state index in [0.717, 1.165) is 12.8 Å². The first-order valence-electron chi connectivity index (χ1n) is 6.98. The molecular weight excluding hydrogens is 232 g/mol. The largest absolute Gasteiger partial charge is 0.396 e. The predicted molar refractivity (Wildman–Crippen MR) is 80.5 cm³/mol. The van der Waals surface area contributed by atoms with Gasteiger partial charge in [0.05, 0.1) is 6.61 Å². The normalized spacial score (nSPS) is 12.4. The summed E-state index contributed by atoms with van der Waals surface area (Å²) in [5.41, 5.74) is 5.12. The van der Waals surface area contributed by atoms with Crippen molar-refractivity contribution in [3.05, 3.63) is 70.8 Å². The van der Waals surface area contributed by atoms with Crippen molar-refractivity contribution < 1.29 is 5.11 Å². The Bertz CT molecular complexity index is 513. The first-order chi connectivity index (χ1) is 9.22. The lowest BCUT2D eigenvalue weighted by molar-refractivity contribution is 0.264. The summed E-state index contributed by atoms with van der Waals surface area (Å²) in [6.07, 6.45) is 1.96. The number of aryl methyl sites for hydroxylation is 2. The lowest BCUT2D eigenvalue weighted by Crippen LogP contribution is -2.08. The van der Waals surface area contributed by atoms with Crippen LogP contribution in [0.1, 0.15) is 35.1 Å². The number of hydrogen-bond donors (Lipinski definition) is 1. The molecule has 0 amide bonds. The van der Waals surface area contributed by atoms with E-state index in [9.17, 15) is 5.11 Å². The van der Waals surface area contributed by atoms with Crippen molar-refractivity contribution in [2.75, 3.05) is 6.61 Å². The molecule has 0 fully saturated rings. The van der Waals surface area contributed by atoms with Crippen LogP contribution in [0.2, 0.25) is 0 Å². The zero-order chi connectivity index (χ0) is 13.7. The van der Waals surface area contributed by atoms with Crippen molar-refractivity contribution >= 4 is 0 Å². The van der Waals surface area contributed by atoms with Crippen LogP contribution in [0, 0.1) is 6.92 Å². The predicted octanol–water partition coefficient (Wildman–Crippen LogP) is 3.88. The van der Waals surface area contributed by atoms with Crippen LogP contribution >= 0.6 is 0 Å². The Morgan fingerprint density at radius 1 is 1.00 bits per heavy atom. The van der Waals surface area contributed by atoms with Crippen LogP contribution in [0.3, 0.4) is 0 Å². The third kappa shape index (κ3) is 3.68. The maximum atomic E-state index is 9.63. The lowest BCUT2D eigenvalue weighted by Gasteiger charge is -2.15. The molecule has 1 nitrogen and oxygen atoms in total. The second kappa shape index (κ2) is 6.53. The number of aliphatic hydroxyl groups is 1. The molecule has 2 rings (SSSR count). The fourth-order valence-corrected chi connectivity index (χ4v) is 2.41. The lowest BCUT2D eigenvalue weighted by atomic mass is 9.91. The maximum absolute atomic E-state index is 9.63. The third-order valence-electron chi connectivity index (χ3n) is 3.65. The molecule has 0 spiro atoms. The van der Waals surface area contributed by atoms with Gasteiger partial charge in [-0.15, -0.1) is 0 Å². The summed E-state index contributed by atoms with van der Waals surface area (Å²) in [5, 5.41) is 9.63. The minimum Gasteiger partial charge on any atom is -0.396 e. The van der Waals surface area contributed by atoms with Gasteiger partial charge >= 0.3 is 0 Å². The molecule has 2 aromatic rings. The summed E-state index contributed by atoms with van der Waals surface area (Å²) < 4.78 is 0. The monoisotopic (exact) mass is 254 g/mol. The maximum Gasteiger partial charge on any atom is 0.0502 e. The molecule has 1 N–H and O–H groups in total. The fraction of sp³-hybridized carbons (Fsp3) is 0.333. The topological polar surface area (TPSA) is 20.2 Å². The molecule has 0 aliphatic rings. The second-order valence-corrected chi connectivity index (χ2v) is 5.17. The number of benzene rings is 2. The van der Waals surface area contributed by atoms with Gasteiger partial charge in [0, 0.05) is 5.92 Å². The van der Waals surface area contributed by atoms with E-state index in [4.69, 9.17) is 0 Å². The van der Waals surface area contributed by atoms with Crippen LogP contribution in [-0.4, -0.2) is 11.7 Å². The van der Waals surface area contributed by atoms with Gasteiger partial charge in [0.15, 0.2) is 0 Å². The summed E-state index contributed by atoms with van der Waals surface area (Å²) in [4.78, 5) is 0. The molecule has 1 atom stereocenters. The minimum absolute atomic E-state index is 0.187. The van der Waals surface area contributed by atoms with E-state index in [1.165, 1.54) is 22.3 Å². The Hall–Kier alpha value is -1.60. The van der Waals surface area contributed by atoms with Crippen LogP contribution in [0.15, 0.2) is 48.5 Å². The van der Waals surface area contributed by atoms with Crippen LogP contribution in [-0.2, 0) is 12.8 Å². The van der Waals surface area contributed by atoms with Gasteiger partial charge in [-0.1, -0.05) is 61.0 Å². The zero-order valence-corrected chi connectivity index (χ0v) is 11.8. The number of rotatable bonds is 5. The third-order valence-corrected chi connectivity index (χ3v) is 3.65. The van der Waals surface area contributed by atoms with E-state index in [1.54, 1.807) is 0 Å². The van der Waals surface area contributed by atoms with Gasteiger partial charge in [-0.25, -0.2) is 0 Å². The Morgan fingerprint density at radius 2 is 1.68 bits per heavy atom. The van der Waals surface area contributed by atoms with Gasteiger partial charge in [-0.05, 0) is 36.5 Å². The molecule has 0 saturated heterocycles. The van der Waals surface area contributed by atoms with Crippen molar-refractivity contribution in [3.8, 4) is 0 Å². The molecule has 0 saturated carbocycles. The van der Waals surface area contributed by atoms with Gasteiger partial charge in [0.25, 0.3) is 0 Å². The highest BCUT2D eigenvalue weighted by Crippen LogP contribution is 2.21.